The summed E-state index contributed by atoms with van der Waals surface area (Å²) in [5.41, 5.74) is 1.52. The largest absolute Gasteiger partial charge is 0.273 e. The third kappa shape index (κ3) is 0.713. The minimum Gasteiger partial charge on any atom is -0.173 e. The van der Waals surface area contributed by atoms with Gasteiger partial charge in [0.1, 0.15) is 0 Å². The van der Waals surface area contributed by atoms with Crippen LogP contribution in [0.3, 0.4) is 0 Å². The number of rotatable bonds is 0. The van der Waals surface area contributed by atoms with Crippen LogP contribution in [0.5, 0.6) is 0 Å². The molecule has 2 bridgehead atoms. The van der Waals surface area contributed by atoms with Gasteiger partial charge in [0.2, 0.25) is 0 Å². The van der Waals surface area contributed by atoms with Gasteiger partial charge >= 0.3 is 0 Å². The van der Waals surface area contributed by atoms with Crippen LogP contribution in [0, 0.1) is 5.92 Å². The maximum atomic E-state index is 12.0. The third-order valence-electron chi connectivity index (χ3n) is 2.34. The van der Waals surface area contributed by atoms with Gasteiger partial charge in [0.05, 0.1) is 0 Å². The Labute approximate surface area is 58.2 Å². The van der Waals surface area contributed by atoms with Crippen molar-refractivity contribution in [3.63, 3.8) is 0 Å². The Morgan fingerprint density at radius 1 is 1.50 bits per heavy atom. The van der Waals surface area contributed by atoms with Crippen molar-refractivity contribution in [2.75, 3.05) is 0 Å². The van der Waals surface area contributed by atoms with Crippen molar-refractivity contribution in [1.82, 2.24) is 0 Å². The smallest absolute Gasteiger partial charge is 0.173 e. The van der Waals surface area contributed by atoms with Gasteiger partial charge in [-0.05, 0) is 25.2 Å². The van der Waals surface area contributed by atoms with Gasteiger partial charge in [-0.3, -0.25) is 0 Å². The van der Waals surface area contributed by atoms with Gasteiger partial charge in [-0.1, -0.05) is 11.6 Å². The van der Waals surface area contributed by atoms with Crippen LogP contribution < -0.4 is 0 Å². The van der Waals surface area contributed by atoms with Crippen LogP contribution >= 0.6 is 0 Å². The highest BCUT2D eigenvalue weighted by molar-refractivity contribution is 5.37. The van der Waals surface area contributed by atoms with Gasteiger partial charge < -0.3 is 0 Å². The zero-order valence-electron chi connectivity index (χ0n) is 5.53. The van der Waals surface area contributed by atoms with E-state index in [1.165, 1.54) is 5.57 Å². The SMILES string of the molecule is FC(F)=C1C=C2CC[C@H]1C2. The number of allylic oxidation sites excluding steroid dienone is 3. The molecule has 0 N–H and O–H groups in total. The van der Waals surface area contributed by atoms with Crippen LogP contribution in [0.1, 0.15) is 19.3 Å². The van der Waals surface area contributed by atoms with Crippen molar-refractivity contribution in [2.24, 2.45) is 5.92 Å². The standard InChI is InChI=1S/C8H8F2/c9-8(10)7-4-5-1-2-6(7)3-5/h4,6H,1-3H2/t6-/m0/s1. The monoisotopic (exact) mass is 142 g/mol. The Bertz CT molecular complexity index is 221. The maximum Gasteiger partial charge on any atom is 0.273 e. The molecule has 0 radical (unpaired) electrons. The molecule has 0 aromatic rings. The number of hydrogen-bond acceptors (Lipinski definition) is 0. The summed E-state index contributed by atoms with van der Waals surface area (Å²) < 4.78 is 24.1. The van der Waals surface area contributed by atoms with Gasteiger partial charge in [-0.15, -0.1) is 0 Å². The summed E-state index contributed by atoms with van der Waals surface area (Å²) >= 11 is 0. The first-order valence-corrected chi connectivity index (χ1v) is 3.52. The molecule has 0 nitrogen and oxygen atoms in total. The zero-order chi connectivity index (χ0) is 7.14. The Morgan fingerprint density at radius 3 is 2.60 bits per heavy atom. The molecule has 0 spiro atoms. The van der Waals surface area contributed by atoms with Crippen LogP contribution in [0.15, 0.2) is 23.3 Å². The van der Waals surface area contributed by atoms with Crippen LogP contribution in [-0.4, -0.2) is 0 Å². The summed E-state index contributed by atoms with van der Waals surface area (Å²) in [4.78, 5) is 0. The Morgan fingerprint density at radius 2 is 2.30 bits per heavy atom. The summed E-state index contributed by atoms with van der Waals surface area (Å²) in [7, 11) is 0. The summed E-state index contributed by atoms with van der Waals surface area (Å²) in [5, 5.41) is 0. The second kappa shape index (κ2) is 1.91. The van der Waals surface area contributed by atoms with E-state index in [-0.39, 0.29) is 5.92 Å². The van der Waals surface area contributed by atoms with E-state index in [4.69, 9.17) is 0 Å². The Balaban J connectivity index is 2.39. The summed E-state index contributed by atoms with van der Waals surface area (Å²) in [6.07, 6.45) is 3.08. The van der Waals surface area contributed by atoms with E-state index >= 15 is 0 Å². The molecule has 0 amide bonds. The normalized spacial score (nSPS) is 29.2. The first kappa shape index (κ1) is 6.08. The molecule has 2 aliphatic rings. The fraction of sp³-hybridized carbons (Fsp3) is 0.500. The molecule has 2 heteroatoms. The molecule has 1 atom stereocenters. The first-order chi connectivity index (χ1) is 4.77. The Hall–Kier alpha value is -0.660. The fourth-order valence-electron chi connectivity index (χ4n) is 1.82. The molecule has 54 valence electrons. The molecule has 0 aliphatic heterocycles. The minimum atomic E-state index is -1.47. The molecule has 1 fully saturated rings. The van der Waals surface area contributed by atoms with Crippen molar-refractivity contribution in [3.8, 4) is 0 Å². The van der Waals surface area contributed by atoms with Crippen molar-refractivity contribution >= 4 is 0 Å². The van der Waals surface area contributed by atoms with E-state index in [9.17, 15) is 8.78 Å². The zero-order valence-corrected chi connectivity index (χ0v) is 5.53. The highest BCUT2D eigenvalue weighted by Gasteiger charge is 2.30. The van der Waals surface area contributed by atoms with E-state index in [0.717, 1.165) is 19.3 Å². The molecule has 0 saturated heterocycles. The van der Waals surface area contributed by atoms with Gasteiger partial charge in [-0.2, -0.15) is 8.78 Å². The lowest BCUT2D eigenvalue weighted by Crippen LogP contribution is -1.94. The van der Waals surface area contributed by atoms with Crippen molar-refractivity contribution in [3.05, 3.63) is 23.3 Å². The lowest BCUT2D eigenvalue weighted by Gasteiger charge is -2.05. The summed E-state index contributed by atoms with van der Waals surface area (Å²) in [6, 6.07) is 0. The van der Waals surface area contributed by atoms with Crippen molar-refractivity contribution in [2.45, 2.75) is 19.3 Å². The van der Waals surface area contributed by atoms with Crippen LogP contribution in [0.4, 0.5) is 8.78 Å². The van der Waals surface area contributed by atoms with E-state index in [1.54, 1.807) is 6.08 Å². The van der Waals surface area contributed by atoms with Gasteiger partial charge in [0.25, 0.3) is 6.08 Å². The first-order valence-electron chi connectivity index (χ1n) is 3.52. The van der Waals surface area contributed by atoms with Crippen molar-refractivity contribution < 1.29 is 8.78 Å². The van der Waals surface area contributed by atoms with E-state index in [1.807, 2.05) is 0 Å². The van der Waals surface area contributed by atoms with Crippen LogP contribution in [-0.2, 0) is 0 Å². The van der Waals surface area contributed by atoms with Gasteiger partial charge in [0, 0.05) is 5.57 Å². The van der Waals surface area contributed by atoms with E-state index in [2.05, 4.69) is 0 Å². The predicted molar refractivity (Wildman–Crippen MR) is 34.7 cm³/mol. The number of hydrogen-bond donors (Lipinski definition) is 0. The Kier molecular flexibility index (Phi) is 1.16. The molecule has 0 heterocycles. The number of fused-ring (bicyclic) bond motifs is 2. The molecular formula is C8H8F2. The lowest BCUT2D eigenvalue weighted by atomic mass is 10.0. The topological polar surface area (TPSA) is 0 Å². The van der Waals surface area contributed by atoms with Crippen molar-refractivity contribution in [1.29, 1.82) is 0 Å². The lowest BCUT2D eigenvalue weighted by molar-refractivity contribution is 0.401. The van der Waals surface area contributed by atoms with E-state index < -0.39 is 6.08 Å². The predicted octanol–water partition coefficient (Wildman–Crippen LogP) is 2.88. The third-order valence-corrected chi connectivity index (χ3v) is 2.34. The molecule has 2 rings (SSSR count). The average Bonchev–Trinajstić information content (AvgIpc) is 2.44. The highest BCUT2D eigenvalue weighted by atomic mass is 19.3. The highest BCUT2D eigenvalue weighted by Crippen LogP contribution is 2.44. The van der Waals surface area contributed by atoms with Crippen LogP contribution in [0.25, 0.3) is 0 Å². The average molecular weight is 142 g/mol. The second-order valence-electron chi connectivity index (χ2n) is 2.96. The van der Waals surface area contributed by atoms with Gasteiger partial charge in [0.15, 0.2) is 0 Å². The maximum absolute atomic E-state index is 12.0. The molecule has 0 unspecified atom stereocenters. The summed E-state index contributed by atoms with van der Waals surface area (Å²) in [5.74, 6) is 0.167. The molecule has 1 saturated carbocycles. The quantitative estimate of drug-likeness (QED) is 0.487. The van der Waals surface area contributed by atoms with Gasteiger partial charge in [-0.25, -0.2) is 0 Å². The molecule has 0 aromatic carbocycles. The summed E-state index contributed by atoms with van der Waals surface area (Å²) in [6.45, 7) is 0. The molecule has 10 heavy (non-hydrogen) atoms. The second-order valence-corrected chi connectivity index (χ2v) is 2.96. The van der Waals surface area contributed by atoms with Crippen LogP contribution in [0.2, 0.25) is 0 Å². The molecular weight excluding hydrogens is 134 g/mol. The minimum absolute atomic E-state index is 0.167. The van der Waals surface area contributed by atoms with E-state index in [0.29, 0.717) is 5.57 Å². The molecule has 0 aromatic heterocycles. The number of halogens is 2. The fourth-order valence-corrected chi connectivity index (χ4v) is 1.82. The molecule has 2 aliphatic carbocycles.